The molecule has 160 valence electrons. The lowest BCUT2D eigenvalue weighted by Gasteiger charge is -2.19. The SMILES string of the molecule is O=C(NCc1ccc(Cn2cccn2)cc1)C1CC(=O)N(c2cccc3ccccc23)C1. The van der Waals surface area contributed by atoms with E-state index in [0.29, 0.717) is 19.6 Å². The van der Waals surface area contributed by atoms with Gasteiger partial charge < -0.3 is 10.2 Å². The van der Waals surface area contributed by atoms with Crippen molar-refractivity contribution in [1.82, 2.24) is 15.1 Å². The number of nitrogens with zero attached hydrogens (tertiary/aromatic N) is 3. The summed E-state index contributed by atoms with van der Waals surface area (Å²) in [6, 6.07) is 24.0. The van der Waals surface area contributed by atoms with Crippen LogP contribution in [0, 0.1) is 5.92 Å². The Labute approximate surface area is 186 Å². The number of rotatable bonds is 6. The summed E-state index contributed by atoms with van der Waals surface area (Å²) in [7, 11) is 0. The zero-order chi connectivity index (χ0) is 21.9. The average Bonchev–Trinajstić information content (AvgIpc) is 3.47. The van der Waals surface area contributed by atoms with Gasteiger partial charge in [-0.25, -0.2) is 0 Å². The summed E-state index contributed by atoms with van der Waals surface area (Å²) in [6.07, 6.45) is 3.93. The van der Waals surface area contributed by atoms with Gasteiger partial charge in [0.15, 0.2) is 0 Å². The van der Waals surface area contributed by atoms with Crippen molar-refractivity contribution in [2.75, 3.05) is 11.4 Å². The second-order valence-corrected chi connectivity index (χ2v) is 8.14. The first-order chi connectivity index (χ1) is 15.7. The molecule has 2 heterocycles. The van der Waals surface area contributed by atoms with Crippen molar-refractivity contribution in [3.63, 3.8) is 0 Å². The number of fused-ring (bicyclic) bond motifs is 1. The van der Waals surface area contributed by atoms with Crippen LogP contribution in [0.4, 0.5) is 5.69 Å². The fourth-order valence-electron chi connectivity index (χ4n) is 4.24. The van der Waals surface area contributed by atoms with E-state index in [9.17, 15) is 9.59 Å². The quantitative estimate of drug-likeness (QED) is 0.513. The van der Waals surface area contributed by atoms with E-state index in [1.807, 2.05) is 83.7 Å². The molecule has 0 bridgehead atoms. The van der Waals surface area contributed by atoms with Crippen LogP contribution in [0.2, 0.25) is 0 Å². The van der Waals surface area contributed by atoms with Gasteiger partial charge >= 0.3 is 0 Å². The molecule has 6 heteroatoms. The minimum Gasteiger partial charge on any atom is -0.352 e. The molecule has 6 nitrogen and oxygen atoms in total. The standard InChI is InChI=1S/C26H24N4O2/c31-25-15-22(18-30(25)24-8-3-6-21-5-1-2-7-23(21)24)26(32)27-16-19-9-11-20(12-10-19)17-29-14-4-13-28-29/h1-14,22H,15-18H2,(H,27,32). The minimum absolute atomic E-state index is 0.00974. The lowest BCUT2D eigenvalue weighted by atomic mass is 10.1. The molecular formula is C26H24N4O2. The first-order valence-electron chi connectivity index (χ1n) is 10.8. The lowest BCUT2D eigenvalue weighted by Crippen LogP contribution is -2.32. The third kappa shape index (κ3) is 4.12. The summed E-state index contributed by atoms with van der Waals surface area (Å²) in [6.45, 7) is 1.56. The summed E-state index contributed by atoms with van der Waals surface area (Å²) < 4.78 is 1.87. The Morgan fingerprint density at radius 2 is 1.75 bits per heavy atom. The van der Waals surface area contributed by atoms with Crippen LogP contribution in [-0.4, -0.2) is 28.1 Å². The number of hydrogen-bond acceptors (Lipinski definition) is 3. The smallest absolute Gasteiger partial charge is 0.227 e. The molecule has 1 atom stereocenters. The predicted octanol–water partition coefficient (Wildman–Crippen LogP) is 3.75. The molecule has 0 saturated carbocycles. The molecule has 32 heavy (non-hydrogen) atoms. The van der Waals surface area contributed by atoms with Crippen molar-refractivity contribution < 1.29 is 9.59 Å². The largest absolute Gasteiger partial charge is 0.352 e. The third-order valence-electron chi connectivity index (χ3n) is 5.95. The normalized spacial score (nSPS) is 15.9. The molecule has 1 aliphatic heterocycles. The molecule has 1 saturated heterocycles. The topological polar surface area (TPSA) is 67.2 Å². The number of carbonyl (C=O) groups is 2. The molecule has 5 rings (SSSR count). The third-order valence-corrected chi connectivity index (χ3v) is 5.95. The fourth-order valence-corrected chi connectivity index (χ4v) is 4.24. The van der Waals surface area contributed by atoms with E-state index in [1.165, 1.54) is 0 Å². The molecule has 0 radical (unpaired) electrons. The van der Waals surface area contributed by atoms with Crippen LogP contribution in [-0.2, 0) is 22.7 Å². The van der Waals surface area contributed by atoms with Gasteiger partial charge in [-0.05, 0) is 28.6 Å². The second kappa shape index (κ2) is 8.67. The average molecular weight is 425 g/mol. The van der Waals surface area contributed by atoms with Gasteiger partial charge in [0.25, 0.3) is 0 Å². The zero-order valence-corrected chi connectivity index (χ0v) is 17.6. The molecule has 2 amide bonds. The minimum atomic E-state index is -0.347. The molecule has 0 spiro atoms. The fraction of sp³-hybridized carbons (Fsp3) is 0.192. The van der Waals surface area contributed by atoms with E-state index in [0.717, 1.165) is 27.6 Å². The van der Waals surface area contributed by atoms with Crippen molar-refractivity contribution in [2.24, 2.45) is 5.92 Å². The molecule has 1 fully saturated rings. The summed E-state index contributed by atoms with van der Waals surface area (Å²) >= 11 is 0. The zero-order valence-electron chi connectivity index (χ0n) is 17.6. The Kier molecular flexibility index (Phi) is 5.42. The maximum Gasteiger partial charge on any atom is 0.227 e. The van der Waals surface area contributed by atoms with Gasteiger partial charge in [0.2, 0.25) is 11.8 Å². The van der Waals surface area contributed by atoms with E-state index in [2.05, 4.69) is 10.4 Å². The summed E-state index contributed by atoms with van der Waals surface area (Å²) in [5.41, 5.74) is 3.05. The highest BCUT2D eigenvalue weighted by atomic mass is 16.2. The Bertz CT molecular complexity index is 1240. The van der Waals surface area contributed by atoms with E-state index in [-0.39, 0.29) is 24.2 Å². The first-order valence-corrected chi connectivity index (χ1v) is 10.8. The first kappa shape index (κ1) is 20.0. The van der Waals surface area contributed by atoms with E-state index < -0.39 is 0 Å². The number of carbonyl (C=O) groups excluding carboxylic acids is 2. The molecule has 1 N–H and O–H groups in total. The van der Waals surface area contributed by atoms with Crippen LogP contribution in [0.25, 0.3) is 10.8 Å². The van der Waals surface area contributed by atoms with Gasteiger partial charge in [-0.3, -0.25) is 14.3 Å². The molecule has 1 aromatic heterocycles. The van der Waals surface area contributed by atoms with Crippen LogP contribution in [0.1, 0.15) is 17.5 Å². The van der Waals surface area contributed by atoms with E-state index in [4.69, 9.17) is 0 Å². The number of amides is 2. The Balaban J connectivity index is 1.21. The monoisotopic (exact) mass is 424 g/mol. The number of hydrogen-bond donors (Lipinski definition) is 1. The van der Waals surface area contributed by atoms with Crippen LogP contribution in [0.3, 0.4) is 0 Å². The lowest BCUT2D eigenvalue weighted by molar-refractivity contribution is -0.126. The van der Waals surface area contributed by atoms with Crippen LogP contribution < -0.4 is 10.2 Å². The maximum atomic E-state index is 12.8. The van der Waals surface area contributed by atoms with Crippen molar-refractivity contribution in [3.8, 4) is 0 Å². The highest BCUT2D eigenvalue weighted by Gasteiger charge is 2.35. The second-order valence-electron chi connectivity index (χ2n) is 8.14. The molecule has 4 aromatic rings. The maximum absolute atomic E-state index is 12.8. The van der Waals surface area contributed by atoms with Crippen molar-refractivity contribution in [2.45, 2.75) is 19.5 Å². The summed E-state index contributed by atoms with van der Waals surface area (Å²) in [5, 5.41) is 9.33. The van der Waals surface area contributed by atoms with Gasteiger partial charge in [0, 0.05) is 37.3 Å². The van der Waals surface area contributed by atoms with Crippen LogP contribution in [0.15, 0.2) is 85.2 Å². The summed E-state index contributed by atoms with van der Waals surface area (Å²) in [5.74, 6) is -0.438. The molecule has 1 aliphatic rings. The van der Waals surface area contributed by atoms with Crippen molar-refractivity contribution >= 4 is 28.3 Å². The Hall–Kier alpha value is -3.93. The Morgan fingerprint density at radius 3 is 2.56 bits per heavy atom. The van der Waals surface area contributed by atoms with Gasteiger partial charge in [-0.1, -0.05) is 60.7 Å². The van der Waals surface area contributed by atoms with Crippen LogP contribution in [0.5, 0.6) is 0 Å². The predicted molar refractivity (Wildman–Crippen MR) is 124 cm³/mol. The van der Waals surface area contributed by atoms with Crippen LogP contribution >= 0.6 is 0 Å². The van der Waals surface area contributed by atoms with Crippen molar-refractivity contribution in [3.05, 3.63) is 96.3 Å². The molecular weight excluding hydrogens is 400 g/mol. The Morgan fingerprint density at radius 1 is 0.969 bits per heavy atom. The number of aromatic nitrogens is 2. The highest BCUT2D eigenvalue weighted by Crippen LogP contribution is 2.31. The highest BCUT2D eigenvalue weighted by molar-refractivity contribution is 6.06. The van der Waals surface area contributed by atoms with E-state index in [1.54, 1.807) is 11.1 Å². The van der Waals surface area contributed by atoms with Crippen molar-refractivity contribution in [1.29, 1.82) is 0 Å². The summed E-state index contributed by atoms with van der Waals surface area (Å²) in [4.78, 5) is 27.2. The van der Waals surface area contributed by atoms with E-state index >= 15 is 0 Å². The van der Waals surface area contributed by atoms with Gasteiger partial charge in [0.05, 0.1) is 18.2 Å². The van der Waals surface area contributed by atoms with Gasteiger partial charge in [-0.15, -0.1) is 0 Å². The number of nitrogens with one attached hydrogen (secondary N) is 1. The number of anilines is 1. The number of benzene rings is 3. The molecule has 3 aromatic carbocycles. The van der Waals surface area contributed by atoms with Gasteiger partial charge in [-0.2, -0.15) is 5.10 Å². The van der Waals surface area contributed by atoms with Gasteiger partial charge in [0.1, 0.15) is 0 Å². The molecule has 1 unspecified atom stereocenters. The molecule has 0 aliphatic carbocycles.